The zero-order chi connectivity index (χ0) is 10.5. The molecule has 0 aromatic carbocycles. The molecule has 0 aromatic heterocycles. The molecule has 2 aliphatic rings. The van der Waals surface area contributed by atoms with Gasteiger partial charge in [0.25, 0.3) is 0 Å². The van der Waals surface area contributed by atoms with Crippen LogP contribution in [0, 0.1) is 0 Å². The summed E-state index contributed by atoms with van der Waals surface area (Å²) in [5.74, 6) is 0. The summed E-state index contributed by atoms with van der Waals surface area (Å²) in [5, 5.41) is 3.57. The summed E-state index contributed by atoms with van der Waals surface area (Å²) in [5.41, 5.74) is 0. The van der Waals surface area contributed by atoms with Crippen LogP contribution in [0.1, 0.15) is 32.6 Å². The van der Waals surface area contributed by atoms with Gasteiger partial charge in [0.2, 0.25) is 0 Å². The summed E-state index contributed by atoms with van der Waals surface area (Å²) in [7, 11) is 0. The molecule has 0 aliphatic carbocycles. The summed E-state index contributed by atoms with van der Waals surface area (Å²) < 4.78 is 5.72. The third-order valence-electron chi connectivity index (χ3n) is 3.51. The maximum atomic E-state index is 5.72. The van der Waals surface area contributed by atoms with Gasteiger partial charge in [-0.3, -0.25) is 4.90 Å². The van der Waals surface area contributed by atoms with Crippen molar-refractivity contribution in [2.75, 3.05) is 32.8 Å². The topological polar surface area (TPSA) is 24.5 Å². The van der Waals surface area contributed by atoms with Crippen LogP contribution in [-0.4, -0.2) is 49.8 Å². The second-order valence-electron chi connectivity index (χ2n) is 4.77. The number of ether oxygens (including phenoxy) is 1. The van der Waals surface area contributed by atoms with E-state index >= 15 is 0 Å². The first-order chi connectivity index (χ1) is 7.38. The Kier molecular flexibility index (Phi) is 4.42. The Morgan fingerprint density at radius 2 is 2.27 bits per heavy atom. The van der Waals surface area contributed by atoms with Gasteiger partial charge < -0.3 is 10.1 Å². The molecule has 3 heteroatoms. The Labute approximate surface area is 93.2 Å². The average Bonchev–Trinajstić information content (AvgIpc) is 2.71. The first-order valence-electron chi connectivity index (χ1n) is 6.46. The van der Waals surface area contributed by atoms with Crippen molar-refractivity contribution < 1.29 is 4.74 Å². The van der Waals surface area contributed by atoms with Crippen LogP contribution in [0.2, 0.25) is 0 Å². The first-order valence-corrected chi connectivity index (χ1v) is 6.46. The minimum absolute atomic E-state index is 0.491. The number of piperidine rings is 1. The molecule has 1 N–H and O–H groups in total. The summed E-state index contributed by atoms with van der Waals surface area (Å²) in [4.78, 5) is 2.58. The Hall–Kier alpha value is -0.120. The molecule has 0 radical (unpaired) electrons. The van der Waals surface area contributed by atoms with Crippen molar-refractivity contribution >= 4 is 0 Å². The van der Waals surface area contributed by atoms with E-state index < -0.39 is 0 Å². The highest BCUT2D eigenvalue weighted by molar-refractivity contribution is 4.81. The quantitative estimate of drug-likeness (QED) is 0.759. The van der Waals surface area contributed by atoms with E-state index in [1.807, 2.05) is 0 Å². The van der Waals surface area contributed by atoms with E-state index in [0.29, 0.717) is 6.10 Å². The molecular formula is C12H24N2O. The number of nitrogens with one attached hydrogen (secondary N) is 1. The third-order valence-corrected chi connectivity index (χ3v) is 3.51. The van der Waals surface area contributed by atoms with E-state index in [-0.39, 0.29) is 0 Å². The van der Waals surface area contributed by atoms with Crippen molar-refractivity contribution in [1.29, 1.82) is 0 Å². The monoisotopic (exact) mass is 212 g/mol. The first kappa shape index (κ1) is 11.4. The third kappa shape index (κ3) is 3.44. The molecule has 1 unspecified atom stereocenters. The van der Waals surface area contributed by atoms with E-state index in [0.717, 1.165) is 19.2 Å². The van der Waals surface area contributed by atoms with Crippen LogP contribution < -0.4 is 5.32 Å². The van der Waals surface area contributed by atoms with Crippen molar-refractivity contribution in [2.24, 2.45) is 0 Å². The average molecular weight is 212 g/mol. The van der Waals surface area contributed by atoms with Crippen molar-refractivity contribution in [3.8, 4) is 0 Å². The summed E-state index contributed by atoms with van der Waals surface area (Å²) >= 11 is 0. The molecule has 0 aromatic rings. The Morgan fingerprint density at radius 1 is 1.33 bits per heavy atom. The molecule has 15 heavy (non-hydrogen) atoms. The zero-order valence-corrected chi connectivity index (χ0v) is 9.87. The lowest BCUT2D eigenvalue weighted by Crippen LogP contribution is -2.45. The predicted octanol–water partition coefficient (Wildman–Crippen LogP) is 1.24. The van der Waals surface area contributed by atoms with Gasteiger partial charge >= 0.3 is 0 Å². The van der Waals surface area contributed by atoms with Gasteiger partial charge in [-0.1, -0.05) is 0 Å². The minimum Gasteiger partial charge on any atom is -0.377 e. The van der Waals surface area contributed by atoms with Crippen LogP contribution in [0.4, 0.5) is 0 Å². The molecule has 2 saturated heterocycles. The lowest BCUT2D eigenvalue weighted by molar-refractivity contribution is 0.00407. The maximum absolute atomic E-state index is 5.72. The van der Waals surface area contributed by atoms with Crippen molar-refractivity contribution in [1.82, 2.24) is 10.2 Å². The number of hydrogen-bond acceptors (Lipinski definition) is 3. The minimum atomic E-state index is 0.491. The van der Waals surface area contributed by atoms with Crippen LogP contribution in [0.5, 0.6) is 0 Å². The van der Waals surface area contributed by atoms with Gasteiger partial charge in [-0.2, -0.15) is 0 Å². The van der Waals surface area contributed by atoms with Crippen LogP contribution in [0.25, 0.3) is 0 Å². The molecule has 0 saturated carbocycles. The summed E-state index contributed by atoms with van der Waals surface area (Å²) in [6.07, 6.45) is 5.76. The molecule has 2 rings (SSSR count). The molecular weight excluding hydrogens is 188 g/mol. The highest BCUT2D eigenvalue weighted by Crippen LogP contribution is 2.15. The maximum Gasteiger partial charge on any atom is 0.0702 e. The second kappa shape index (κ2) is 5.83. The van der Waals surface area contributed by atoms with Gasteiger partial charge in [0, 0.05) is 25.7 Å². The largest absolute Gasteiger partial charge is 0.377 e. The molecule has 2 fully saturated rings. The van der Waals surface area contributed by atoms with Crippen molar-refractivity contribution in [3.05, 3.63) is 0 Å². The molecule has 0 amide bonds. The lowest BCUT2D eigenvalue weighted by atomic mass is 10.1. The van der Waals surface area contributed by atoms with Crippen molar-refractivity contribution in [3.63, 3.8) is 0 Å². The summed E-state index contributed by atoms with van der Waals surface area (Å²) in [6.45, 7) is 7.81. The number of hydrogen-bond donors (Lipinski definition) is 1. The highest BCUT2D eigenvalue weighted by Gasteiger charge is 2.23. The Bertz CT molecular complexity index is 178. The van der Waals surface area contributed by atoms with Crippen LogP contribution in [0.15, 0.2) is 0 Å². The van der Waals surface area contributed by atoms with Crippen molar-refractivity contribution in [2.45, 2.75) is 44.8 Å². The molecule has 0 spiro atoms. The van der Waals surface area contributed by atoms with E-state index in [1.165, 1.54) is 45.3 Å². The van der Waals surface area contributed by atoms with Gasteiger partial charge in [-0.15, -0.1) is 0 Å². The highest BCUT2D eigenvalue weighted by atomic mass is 16.5. The summed E-state index contributed by atoms with van der Waals surface area (Å²) in [6, 6.07) is 0.741. The van der Waals surface area contributed by atoms with Gasteiger partial charge in [0.15, 0.2) is 0 Å². The van der Waals surface area contributed by atoms with Crippen LogP contribution >= 0.6 is 0 Å². The fourth-order valence-electron chi connectivity index (χ4n) is 2.77. The standard InChI is InChI=1S/C12H24N2O/c1-2-15-12-6-4-8-14(10-12)9-11-5-3-7-13-11/h11-13H,2-10H2,1H3/t11-,12?/m1/s1. The number of likely N-dealkylation sites (tertiary alicyclic amines) is 1. The molecule has 2 heterocycles. The molecule has 0 bridgehead atoms. The SMILES string of the molecule is CCOC1CCCN(C[C@H]2CCCN2)C1. The zero-order valence-electron chi connectivity index (χ0n) is 9.87. The predicted molar refractivity (Wildman–Crippen MR) is 62.1 cm³/mol. The fourth-order valence-corrected chi connectivity index (χ4v) is 2.77. The van der Waals surface area contributed by atoms with E-state index in [4.69, 9.17) is 4.74 Å². The van der Waals surface area contributed by atoms with Gasteiger partial charge in [0.05, 0.1) is 6.10 Å². The second-order valence-corrected chi connectivity index (χ2v) is 4.77. The van der Waals surface area contributed by atoms with Gasteiger partial charge in [-0.05, 0) is 45.7 Å². The molecule has 2 aliphatic heterocycles. The number of nitrogens with zero attached hydrogens (tertiary/aromatic N) is 1. The van der Waals surface area contributed by atoms with Crippen LogP contribution in [-0.2, 0) is 4.74 Å². The molecule has 88 valence electrons. The normalized spacial score (nSPS) is 33.4. The smallest absolute Gasteiger partial charge is 0.0702 e. The van der Waals surface area contributed by atoms with Gasteiger partial charge in [-0.25, -0.2) is 0 Å². The fraction of sp³-hybridized carbons (Fsp3) is 1.00. The Balaban J connectivity index is 1.71. The van der Waals surface area contributed by atoms with Crippen LogP contribution in [0.3, 0.4) is 0 Å². The van der Waals surface area contributed by atoms with E-state index in [2.05, 4.69) is 17.1 Å². The lowest BCUT2D eigenvalue weighted by Gasteiger charge is -2.34. The van der Waals surface area contributed by atoms with Gasteiger partial charge in [0.1, 0.15) is 0 Å². The van der Waals surface area contributed by atoms with E-state index in [1.54, 1.807) is 0 Å². The number of rotatable bonds is 4. The van der Waals surface area contributed by atoms with E-state index in [9.17, 15) is 0 Å². The molecule has 3 nitrogen and oxygen atoms in total. The Morgan fingerprint density at radius 3 is 3.00 bits per heavy atom. The molecule has 2 atom stereocenters.